The van der Waals surface area contributed by atoms with Crippen molar-refractivity contribution in [3.05, 3.63) is 11.9 Å². The molecule has 1 aromatic rings. The summed E-state index contributed by atoms with van der Waals surface area (Å²) in [4.78, 5) is 13.2. The van der Waals surface area contributed by atoms with E-state index in [9.17, 15) is 4.79 Å². The van der Waals surface area contributed by atoms with E-state index in [1.807, 2.05) is 0 Å². The lowest BCUT2D eigenvalue weighted by molar-refractivity contribution is 0.0698. The van der Waals surface area contributed by atoms with Crippen LogP contribution in [0.3, 0.4) is 0 Å². The fourth-order valence-electron chi connectivity index (χ4n) is 1.31. The molecule has 0 saturated heterocycles. The van der Waals surface area contributed by atoms with E-state index in [0.717, 1.165) is 0 Å². The molecule has 7 heteroatoms. The van der Waals surface area contributed by atoms with Crippen molar-refractivity contribution in [2.75, 3.05) is 20.1 Å². The zero-order valence-corrected chi connectivity index (χ0v) is 9.50. The minimum absolute atomic E-state index is 0.260. The number of hydrogen-bond donors (Lipinski definition) is 2. The van der Waals surface area contributed by atoms with Gasteiger partial charge in [0.05, 0.1) is 18.8 Å². The van der Waals surface area contributed by atoms with Gasteiger partial charge < -0.3 is 15.7 Å². The number of nitrogens with two attached hydrogens (primary N) is 1. The van der Waals surface area contributed by atoms with Crippen LogP contribution in [-0.2, 0) is 6.54 Å². The van der Waals surface area contributed by atoms with Gasteiger partial charge >= 0.3 is 0 Å². The van der Waals surface area contributed by atoms with Gasteiger partial charge in [0, 0.05) is 20.1 Å². The largest absolute Gasteiger partial charge is 0.392 e. The maximum Gasteiger partial charge on any atom is 0.275 e. The molecule has 1 unspecified atom stereocenters. The van der Waals surface area contributed by atoms with E-state index >= 15 is 0 Å². The van der Waals surface area contributed by atoms with Gasteiger partial charge in [0.1, 0.15) is 0 Å². The molecule has 1 rings (SSSR count). The van der Waals surface area contributed by atoms with E-state index in [1.54, 1.807) is 20.2 Å². The van der Waals surface area contributed by atoms with Gasteiger partial charge in [0.25, 0.3) is 5.91 Å². The Labute approximate surface area is 93.8 Å². The van der Waals surface area contributed by atoms with Crippen molar-refractivity contribution in [3.8, 4) is 0 Å². The molecule has 90 valence electrons. The fourth-order valence-corrected chi connectivity index (χ4v) is 1.31. The first-order valence-electron chi connectivity index (χ1n) is 5.08. The Morgan fingerprint density at radius 1 is 1.75 bits per heavy atom. The molecule has 0 bridgehead atoms. The second-order valence-electron chi connectivity index (χ2n) is 3.69. The number of amides is 1. The summed E-state index contributed by atoms with van der Waals surface area (Å²) in [7, 11) is 1.61. The Hall–Kier alpha value is -1.47. The molecule has 0 aliphatic rings. The first-order chi connectivity index (χ1) is 7.54. The molecule has 1 atom stereocenters. The SMILES string of the molecule is CC(O)CN(C)C(=O)c1cn(CCN)nn1. The van der Waals surface area contributed by atoms with Gasteiger partial charge in [-0.05, 0) is 6.92 Å². The van der Waals surface area contributed by atoms with Gasteiger partial charge in [0.2, 0.25) is 0 Å². The zero-order valence-electron chi connectivity index (χ0n) is 9.50. The fraction of sp³-hybridized carbons (Fsp3) is 0.667. The lowest BCUT2D eigenvalue weighted by Crippen LogP contribution is -2.33. The highest BCUT2D eigenvalue weighted by Gasteiger charge is 2.16. The molecule has 1 heterocycles. The van der Waals surface area contributed by atoms with E-state index < -0.39 is 6.10 Å². The number of likely N-dealkylation sites (N-methyl/N-ethyl adjacent to an activating group) is 1. The smallest absolute Gasteiger partial charge is 0.275 e. The van der Waals surface area contributed by atoms with Crippen molar-refractivity contribution in [1.82, 2.24) is 19.9 Å². The molecule has 3 N–H and O–H groups in total. The lowest BCUT2D eigenvalue weighted by atomic mass is 10.3. The van der Waals surface area contributed by atoms with Crippen LogP contribution in [0.1, 0.15) is 17.4 Å². The van der Waals surface area contributed by atoms with Crippen LogP contribution in [0.5, 0.6) is 0 Å². The summed E-state index contributed by atoms with van der Waals surface area (Å²) in [6.45, 7) is 2.86. The topological polar surface area (TPSA) is 97.3 Å². The molecule has 0 saturated carbocycles. The third kappa shape index (κ3) is 3.28. The highest BCUT2D eigenvalue weighted by atomic mass is 16.3. The molecule has 1 aromatic heterocycles. The predicted molar refractivity (Wildman–Crippen MR) is 57.7 cm³/mol. The Kier molecular flexibility index (Phi) is 4.39. The second-order valence-corrected chi connectivity index (χ2v) is 3.69. The summed E-state index contributed by atoms with van der Waals surface area (Å²) < 4.78 is 1.52. The van der Waals surface area contributed by atoms with E-state index in [1.165, 1.54) is 9.58 Å². The summed E-state index contributed by atoms with van der Waals surface area (Å²) in [5, 5.41) is 16.7. The first kappa shape index (κ1) is 12.6. The quantitative estimate of drug-likeness (QED) is 0.651. The number of aliphatic hydroxyl groups is 1. The summed E-state index contributed by atoms with van der Waals surface area (Å²) in [6, 6.07) is 0. The third-order valence-corrected chi connectivity index (χ3v) is 2.00. The number of rotatable bonds is 5. The molecule has 1 amide bonds. The predicted octanol–water partition coefficient (Wildman–Crippen LogP) is -1.31. The van der Waals surface area contributed by atoms with E-state index in [-0.39, 0.29) is 18.1 Å². The first-order valence-corrected chi connectivity index (χ1v) is 5.08. The maximum atomic E-state index is 11.8. The number of carbonyl (C=O) groups excluding carboxylic acids is 1. The van der Waals surface area contributed by atoms with E-state index in [2.05, 4.69) is 10.3 Å². The number of nitrogens with zero attached hydrogens (tertiary/aromatic N) is 4. The summed E-state index contributed by atoms with van der Waals surface area (Å²) in [5.74, 6) is -0.260. The number of hydrogen-bond acceptors (Lipinski definition) is 5. The zero-order chi connectivity index (χ0) is 12.1. The van der Waals surface area contributed by atoms with Gasteiger partial charge in [-0.25, -0.2) is 0 Å². The Morgan fingerprint density at radius 3 is 3.00 bits per heavy atom. The van der Waals surface area contributed by atoms with Crippen LogP contribution < -0.4 is 5.73 Å². The van der Waals surface area contributed by atoms with Crippen molar-refractivity contribution >= 4 is 5.91 Å². The van der Waals surface area contributed by atoms with Crippen LogP contribution in [0.2, 0.25) is 0 Å². The van der Waals surface area contributed by atoms with Crippen molar-refractivity contribution in [1.29, 1.82) is 0 Å². The Morgan fingerprint density at radius 2 is 2.44 bits per heavy atom. The average molecular weight is 227 g/mol. The molecule has 0 aromatic carbocycles. The van der Waals surface area contributed by atoms with Gasteiger partial charge in [-0.15, -0.1) is 5.10 Å². The normalized spacial score (nSPS) is 12.5. The third-order valence-electron chi connectivity index (χ3n) is 2.00. The number of aliphatic hydroxyl groups excluding tert-OH is 1. The number of carbonyl (C=O) groups is 1. The molecular formula is C9H17N5O2. The second kappa shape index (κ2) is 5.57. The monoisotopic (exact) mass is 227 g/mol. The van der Waals surface area contributed by atoms with E-state index in [4.69, 9.17) is 10.8 Å². The average Bonchev–Trinajstić information content (AvgIpc) is 2.64. The molecular weight excluding hydrogens is 210 g/mol. The summed E-state index contributed by atoms with van der Waals surface area (Å²) in [6.07, 6.45) is 0.987. The minimum atomic E-state index is -0.562. The molecule has 0 aliphatic carbocycles. The van der Waals surface area contributed by atoms with Crippen LogP contribution in [0.15, 0.2) is 6.20 Å². The minimum Gasteiger partial charge on any atom is -0.392 e. The van der Waals surface area contributed by atoms with Crippen molar-refractivity contribution in [2.45, 2.75) is 19.6 Å². The van der Waals surface area contributed by atoms with Crippen LogP contribution >= 0.6 is 0 Å². The van der Waals surface area contributed by atoms with E-state index in [0.29, 0.717) is 13.1 Å². The molecule has 0 spiro atoms. The molecule has 7 nitrogen and oxygen atoms in total. The van der Waals surface area contributed by atoms with Gasteiger partial charge in [-0.3, -0.25) is 9.48 Å². The highest BCUT2D eigenvalue weighted by Crippen LogP contribution is 1.99. The summed E-state index contributed by atoms with van der Waals surface area (Å²) >= 11 is 0. The van der Waals surface area contributed by atoms with Crippen LogP contribution in [-0.4, -0.2) is 57.1 Å². The van der Waals surface area contributed by atoms with Gasteiger partial charge in [0.15, 0.2) is 5.69 Å². The summed E-state index contributed by atoms with van der Waals surface area (Å²) in [5.41, 5.74) is 5.62. The van der Waals surface area contributed by atoms with Crippen LogP contribution in [0, 0.1) is 0 Å². The maximum absolute atomic E-state index is 11.8. The van der Waals surface area contributed by atoms with Crippen molar-refractivity contribution in [3.63, 3.8) is 0 Å². The van der Waals surface area contributed by atoms with Crippen LogP contribution in [0.25, 0.3) is 0 Å². The lowest BCUT2D eigenvalue weighted by Gasteiger charge is -2.16. The Bertz CT molecular complexity index is 349. The number of aromatic nitrogens is 3. The van der Waals surface area contributed by atoms with Crippen molar-refractivity contribution in [2.24, 2.45) is 5.73 Å². The van der Waals surface area contributed by atoms with Gasteiger partial charge in [-0.1, -0.05) is 5.21 Å². The molecule has 0 aliphatic heterocycles. The molecule has 0 radical (unpaired) electrons. The highest BCUT2D eigenvalue weighted by molar-refractivity contribution is 5.91. The van der Waals surface area contributed by atoms with Crippen molar-refractivity contribution < 1.29 is 9.90 Å². The standard InChI is InChI=1S/C9H17N5O2/c1-7(15)5-13(2)9(16)8-6-14(4-3-10)12-11-8/h6-7,15H,3-5,10H2,1-2H3. The van der Waals surface area contributed by atoms with Gasteiger partial charge in [-0.2, -0.15) is 0 Å². The van der Waals surface area contributed by atoms with Crippen LogP contribution in [0.4, 0.5) is 0 Å². The molecule has 0 fully saturated rings. The Balaban J connectivity index is 2.64. The molecule has 16 heavy (non-hydrogen) atoms.